The van der Waals surface area contributed by atoms with Crippen LogP contribution in [0.2, 0.25) is 0 Å². The Balaban J connectivity index is 2.22. The Kier molecular flexibility index (Phi) is 5.07. The van der Waals surface area contributed by atoms with Gasteiger partial charge in [0.2, 0.25) is 0 Å². The van der Waals surface area contributed by atoms with Crippen molar-refractivity contribution in [1.29, 1.82) is 0 Å². The van der Waals surface area contributed by atoms with Gasteiger partial charge in [-0.15, -0.1) is 0 Å². The summed E-state index contributed by atoms with van der Waals surface area (Å²) < 4.78 is 0. The fourth-order valence-corrected chi connectivity index (χ4v) is 2.77. The molecule has 0 radical (unpaired) electrons. The van der Waals surface area contributed by atoms with Gasteiger partial charge in [0.05, 0.1) is 0 Å². The summed E-state index contributed by atoms with van der Waals surface area (Å²) in [7, 11) is 0. The predicted molar refractivity (Wildman–Crippen MR) is 77.3 cm³/mol. The minimum atomic E-state index is 0.488. The van der Waals surface area contributed by atoms with E-state index in [-0.39, 0.29) is 0 Å². The fraction of sp³-hybridized carbons (Fsp3) is 1.00. The van der Waals surface area contributed by atoms with E-state index in [0.717, 1.165) is 5.92 Å². The molecular weight excluding hydrogens is 206 g/mol. The largest absolute Gasteiger partial charge is 0.303 e. The van der Waals surface area contributed by atoms with Gasteiger partial charge < -0.3 is 4.90 Å². The summed E-state index contributed by atoms with van der Waals surface area (Å²) in [6, 6.07) is 0. The molecule has 1 rings (SSSR count). The molecule has 0 spiro atoms. The van der Waals surface area contributed by atoms with Gasteiger partial charge in [0, 0.05) is 0 Å². The van der Waals surface area contributed by atoms with Gasteiger partial charge in [0.25, 0.3) is 0 Å². The minimum Gasteiger partial charge on any atom is -0.303 e. The van der Waals surface area contributed by atoms with Crippen molar-refractivity contribution in [3.8, 4) is 0 Å². The Morgan fingerprint density at radius 2 is 1.41 bits per heavy atom. The fourth-order valence-electron chi connectivity index (χ4n) is 2.77. The van der Waals surface area contributed by atoms with Crippen LogP contribution in [0.3, 0.4) is 0 Å². The monoisotopic (exact) mass is 239 g/mol. The van der Waals surface area contributed by atoms with Crippen molar-refractivity contribution in [2.24, 2.45) is 16.7 Å². The highest BCUT2D eigenvalue weighted by atomic mass is 15.1. The van der Waals surface area contributed by atoms with E-state index in [2.05, 4.69) is 46.4 Å². The highest BCUT2D eigenvalue weighted by molar-refractivity contribution is 4.77. The first kappa shape index (κ1) is 15.0. The van der Waals surface area contributed by atoms with Gasteiger partial charge >= 0.3 is 0 Å². The zero-order valence-corrected chi connectivity index (χ0v) is 13.0. The number of rotatable bonds is 3. The number of hydrogen-bond acceptors (Lipinski definition) is 1. The summed E-state index contributed by atoms with van der Waals surface area (Å²) in [5, 5.41) is 0. The molecule has 17 heavy (non-hydrogen) atoms. The van der Waals surface area contributed by atoms with Gasteiger partial charge in [-0.3, -0.25) is 0 Å². The van der Waals surface area contributed by atoms with Gasteiger partial charge in [-0.25, -0.2) is 0 Å². The van der Waals surface area contributed by atoms with Crippen molar-refractivity contribution in [1.82, 2.24) is 4.90 Å². The third-order valence-corrected chi connectivity index (χ3v) is 3.79. The van der Waals surface area contributed by atoms with E-state index in [1.807, 2.05) is 0 Å². The van der Waals surface area contributed by atoms with Crippen LogP contribution >= 0.6 is 0 Å². The number of piperidine rings is 1. The van der Waals surface area contributed by atoms with Crippen molar-refractivity contribution < 1.29 is 0 Å². The molecule has 1 aliphatic heterocycles. The van der Waals surface area contributed by atoms with E-state index in [1.165, 1.54) is 45.3 Å². The van der Waals surface area contributed by atoms with Crippen LogP contribution in [0.5, 0.6) is 0 Å². The molecule has 0 amide bonds. The Hall–Kier alpha value is -0.0400. The first-order chi connectivity index (χ1) is 7.66. The summed E-state index contributed by atoms with van der Waals surface area (Å²) >= 11 is 0. The zero-order valence-electron chi connectivity index (χ0n) is 13.0. The van der Waals surface area contributed by atoms with E-state index < -0.39 is 0 Å². The SMILES string of the molecule is CC(C)(C)CCN1CCC(CC(C)(C)C)CC1. The van der Waals surface area contributed by atoms with Crippen LogP contribution in [-0.4, -0.2) is 24.5 Å². The van der Waals surface area contributed by atoms with Crippen LogP contribution in [0.15, 0.2) is 0 Å². The molecule has 1 nitrogen and oxygen atoms in total. The maximum Gasteiger partial charge on any atom is -0.00137 e. The highest BCUT2D eigenvalue weighted by Gasteiger charge is 2.24. The first-order valence-corrected chi connectivity index (χ1v) is 7.38. The molecular formula is C16H33N. The molecule has 1 heterocycles. The second-order valence-corrected chi connectivity index (χ2v) is 8.36. The van der Waals surface area contributed by atoms with E-state index in [9.17, 15) is 0 Å². The third kappa shape index (κ3) is 7.08. The highest BCUT2D eigenvalue weighted by Crippen LogP contribution is 2.31. The van der Waals surface area contributed by atoms with Gasteiger partial charge in [-0.05, 0) is 62.1 Å². The molecule has 1 saturated heterocycles. The van der Waals surface area contributed by atoms with E-state index in [1.54, 1.807) is 0 Å². The van der Waals surface area contributed by atoms with Crippen molar-refractivity contribution in [3.63, 3.8) is 0 Å². The Morgan fingerprint density at radius 3 is 1.82 bits per heavy atom. The van der Waals surface area contributed by atoms with Crippen LogP contribution < -0.4 is 0 Å². The molecule has 0 aromatic carbocycles. The van der Waals surface area contributed by atoms with Crippen LogP contribution in [0.4, 0.5) is 0 Å². The average Bonchev–Trinajstić information content (AvgIpc) is 2.13. The molecule has 1 fully saturated rings. The average molecular weight is 239 g/mol. The first-order valence-electron chi connectivity index (χ1n) is 7.38. The quantitative estimate of drug-likeness (QED) is 0.697. The lowest BCUT2D eigenvalue weighted by molar-refractivity contribution is 0.139. The normalized spacial score (nSPS) is 20.8. The number of likely N-dealkylation sites (tertiary alicyclic amines) is 1. The standard InChI is InChI=1S/C16H33N/c1-15(2,3)9-12-17-10-7-14(8-11-17)13-16(4,5)6/h14H,7-13H2,1-6H3. The minimum absolute atomic E-state index is 0.488. The van der Waals surface area contributed by atoms with Crippen molar-refractivity contribution in [2.75, 3.05) is 19.6 Å². The topological polar surface area (TPSA) is 3.24 Å². The molecule has 1 heteroatoms. The van der Waals surface area contributed by atoms with Gasteiger partial charge in [0.1, 0.15) is 0 Å². The van der Waals surface area contributed by atoms with E-state index >= 15 is 0 Å². The Labute approximate surface area is 109 Å². The van der Waals surface area contributed by atoms with Crippen molar-refractivity contribution >= 4 is 0 Å². The third-order valence-electron chi connectivity index (χ3n) is 3.79. The lowest BCUT2D eigenvalue weighted by atomic mass is 9.80. The lowest BCUT2D eigenvalue weighted by Gasteiger charge is -2.36. The summed E-state index contributed by atoms with van der Waals surface area (Å²) in [6.07, 6.45) is 5.57. The lowest BCUT2D eigenvalue weighted by Crippen LogP contribution is -2.36. The molecule has 0 aromatic heterocycles. The second-order valence-electron chi connectivity index (χ2n) is 8.36. The summed E-state index contributed by atoms with van der Waals surface area (Å²) in [5.41, 5.74) is 1.00. The molecule has 0 aliphatic carbocycles. The van der Waals surface area contributed by atoms with Crippen LogP contribution in [0.1, 0.15) is 67.2 Å². The Morgan fingerprint density at radius 1 is 0.882 bits per heavy atom. The molecule has 0 N–H and O–H groups in total. The molecule has 102 valence electrons. The molecule has 0 saturated carbocycles. The molecule has 0 atom stereocenters. The number of hydrogen-bond donors (Lipinski definition) is 0. The number of nitrogens with zero attached hydrogens (tertiary/aromatic N) is 1. The Bertz CT molecular complexity index is 211. The molecule has 0 bridgehead atoms. The summed E-state index contributed by atoms with van der Waals surface area (Å²) in [5.74, 6) is 0.973. The molecule has 0 aromatic rings. The van der Waals surface area contributed by atoms with Crippen molar-refractivity contribution in [3.05, 3.63) is 0 Å². The smallest absolute Gasteiger partial charge is 0.00137 e. The van der Waals surface area contributed by atoms with E-state index in [4.69, 9.17) is 0 Å². The van der Waals surface area contributed by atoms with Crippen LogP contribution in [0, 0.1) is 16.7 Å². The second kappa shape index (κ2) is 5.73. The zero-order chi connectivity index (χ0) is 13.1. The molecule has 1 aliphatic rings. The summed E-state index contributed by atoms with van der Waals surface area (Å²) in [4.78, 5) is 2.67. The van der Waals surface area contributed by atoms with Gasteiger partial charge in [0.15, 0.2) is 0 Å². The van der Waals surface area contributed by atoms with Crippen LogP contribution in [-0.2, 0) is 0 Å². The molecule has 0 unspecified atom stereocenters. The maximum absolute atomic E-state index is 2.67. The van der Waals surface area contributed by atoms with Gasteiger partial charge in [-0.2, -0.15) is 0 Å². The van der Waals surface area contributed by atoms with Gasteiger partial charge in [-0.1, -0.05) is 41.5 Å². The van der Waals surface area contributed by atoms with Crippen molar-refractivity contribution in [2.45, 2.75) is 67.2 Å². The predicted octanol–water partition coefficient (Wildman–Crippen LogP) is 4.57. The van der Waals surface area contributed by atoms with Crippen LogP contribution in [0.25, 0.3) is 0 Å². The van der Waals surface area contributed by atoms with E-state index in [0.29, 0.717) is 10.8 Å². The maximum atomic E-state index is 2.67. The summed E-state index contributed by atoms with van der Waals surface area (Å²) in [6.45, 7) is 18.1.